The molecule has 154 valence electrons. The molecule has 1 aliphatic rings. The maximum Gasteiger partial charge on any atom is 0.199 e. The first-order valence-corrected chi connectivity index (χ1v) is 11.6. The highest BCUT2D eigenvalue weighted by atomic mass is 32.1. The van der Waals surface area contributed by atoms with Gasteiger partial charge in [-0.2, -0.15) is 5.10 Å². The molecule has 1 aliphatic heterocycles. The van der Waals surface area contributed by atoms with E-state index in [1.807, 2.05) is 28.2 Å². The molecule has 8 heteroatoms. The fourth-order valence-corrected chi connectivity index (χ4v) is 5.56. The van der Waals surface area contributed by atoms with Gasteiger partial charge in [-0.15, -0.1) is 11.3 Å². The van der Waals surface area contributed by atoms with Crippen LogP contribution in [0.3, 0.4) is 0 Å². The summed E-state index contributed by atoms with van der Waals surface area (Å²) in [6.07, 6.45) is 5.84. The Morgan fingerprint density at radius 2 is 1.87 bits per heavy atom. The summed E-state index contributed by atoms with van der Waals surface area (Å²) in [6, 6.07) is 12.4. The van der Waals surface area contributed by atoms with E-state index in [-0.39, 0.29) is 0 Å². The van der Waals surface area contributed by atoms with Gasteiger partial charge in [-0.3, -0.25) is 9.88 Å². The van der Waals surface area contributed by atoms with Gasteiger partial charge >= 0.3 is 0 Å². The largest absolute Gasteiger partial charge is 0.300 e. The average molecular weight is 437 g/mol. The van der Waals surface area contributed by atoms with Crippen molar-refractivity contribution in [1.82, 2.24) is 29.2 Å². The smallest absolute Gasteiger partial charge is 0.199 e. The van der Waals surface area contributed by atoms with Gasteiger partial charge in [-0.1, -0.05) is 12.1 Å². The monoisotopic (exact) mass is 436 g/mol. The van der Waals surface area contributed by atoms with E-state index < -0.39 is 0 Å². The Morgan fingerprint density at radius 1 is 1.10 bits per heavy atom. The number of pyridine rings is 1. The zero-order valence-corrected chi connectivity index (χ0v) is 18.6. The fourth-order valence-electron chi connectivity index (χ4n) is 4.11. The molecule has 4 heterocycles. The summed E-state index contributed by atoms with van der Waals surface area (Å²) < 4.78 is 6.12. The highest BCUT2D eigenvalue weighted by Crippen LogP contribution is 2.34. The summed E-state index contributed by atoms with van der Waals surface area (Å²) in [5, 5.41) is 6.13. The van der Waals surface area contributed by atoms with E-state index in [4.69, 9.17) is 22.3 Å². The SMILES string of the molecule is CCn1c(-c2ccncc2)nn(CN2CCC(c3nc4ccccc4s3)CC2)c1=S. The third-order valence-electron chi connectivity index (χ3n) is 5.76. The summed E-state index contributed by atoms with van der Waals surface area (Å²) in [7, 11) is 0. The Bertz CT molecular complexity index is 1170. The van der Waals surface area contributed by atoms with E-state index in [0.717, 1.165) is 60.8 Å². The number of hydrogen-bond donors (Lipinski definition) is 0. The van der Waals surface area contributed by atoms with Gasteiger partial charge in [0, 0.05) is 43.5 Å². The first-order chi connectivity index (χ1) is 14.7. The Morgan fingerprint density at radius 3 is 2.60 bits per heavy atom. The van der Waals surface area contributed by atoms with Crippen molar-refractivity contribution in [3.63, 3.8) is 0 Å². The van der Waals surface area contributed by atoms with Crippen LogP contribution >= 0.6 is 23.6 Å². The van der Waals surface area contributed by atoms with Crippen molar-refractivity contribution in [2.75, 3.05) is 13.1 Å². The lowest BCUT2D eigenvalue weighted by molar-refractivity contribution is 0.160. The van der Waals surface area contributed by atoms with Crippen molar-refractivity contribution in [1.29, 1.82) is 0 Å². The van der Waals surface area contributed by atoms with Crippen LogP contribution in [0.2, 0.25) is 0 Å². The molecule has 1 aromatic carbocycles. The number of fused-ring (bicyclic) bond motifs is 1. The molecule has 0 saturated carbocycles. The predicted octanol–water partition coefficient (Wildman–Crippen LogP) is 4.94. The van der Waals surface area contributed by atoms with Crippen LogP contribution in [0.1, 0.15) is 30.7 Å². The minimum absolute atomic E-state index is 0.548. The molecule has 0 spiro atoms. The van der Waals surface area contributed by atoms with Gasteiger partial charge in [-0.05, 0) is 56.2 Å². The normalized spacial score (nSPS) is 15.8. The lowest BCUT2D eigenvalue weighted by atomic mass is 9.98. The molecule has 0 unspecified atom stereocenters. The third-order valence-corrected chi connectivity index (χ3v) is 7.39. The fraction of sp³-hybridized carbons (Fsp3) is 0.364. The molecule has 5 rings (SSSR count). The van der Waals surface area contributed by atoms with E-state index >= 15 is 0 Å². The van der Waals surface area contributed by atoms with Gasteiger partial charge in [0.2, 0.25) is 0 Å². The summed E-state index contributed by atoms with van der Waals surface area (Å²) in [5.74, 6) is 1.46. The van der Waals surface area contributed by atoms with Crippen molar-refractivity contribution in [3.05, 3.63) is 58.6 Å². The lowest BCUT2D eigenvalue weighted by Gasteiger charge is -2.30. The van der Waals surface area contributed by atoms with Crippen LogP contribution < -0.4 is 0 Å². The number of piperidine rings is 1. The first-order valence-electron chi connectivity index (χ1n) is 10.4. The van der Waals surface area contributed by atoms with E-state index in [0.29, 0.717) is 5.92 Å². The molecular weight excluding hydrogens is 412 g/mol. The molecule has 0 aliphatic carbocycles. The second kappa shape index (κ2) is 8.37. The molecule has 0 radical (unpaired) electrons. The third kappa shape index (κ3) is 3.71. The number of benzene rings is 1. The number of hydrogen-bond acceptors (Lipinski definition) is 6. The van der Waals surface area contributed by atoms with Crippen molar-refractivity contribution < 1.29 is 0 Å². The van der Waals surface area contributed by atoms with Crippen LogP contribution in [0.4, 0.5) is 0 Å². The standard InChI is InChI=1S/C22H24N6S2/c1-2-27-20(16-7-11-23-12-8-16)25-28(22(27)29)15-26-13-9-17(10-14-26)21-24-18-5-3-4-6-19(18)30-21/h3-8,11-12,17H,2,9-10,13-15H2,1H3. The Kier molecular flexibility index (Phi) is 5.45. The number of aromatic nitrogens is 5. The van der Waals surface area contributed by atoms with Crippen LogP contribution in [0.5, 0.6) is 0 Å². The second-order valence-corrected chi connectivity index (χ2v) is 9.07. The maximum absolute atomic E-state index is 5.73. The van der Waals surface area contributed by atoms with Crippen LogP contribution in [-0.2, 0) is 13.2 Å². The summed E-state index contributed by atoms with van der Waals surface area (Å²) >= 11 is 7.57. The zero-order chi connectivity index (χ0) is 20.5. The van der Waals surface area contributed by atoms with E-state index in [1.165, 1.54) is 9.71 Å². The summed E-state index contributed by atoms with van der Waals surface area (Å²) in [6.45, 7) is 5.71. The number of rotatable bonds is 5. The minimum Gasteiger partial charge on any atom is -0.300 e. The van der Waals surface area contributed by atoms with Gasteiger partial charge in [0.15, 0.2) is 10.6 Å². The molecule has 1 fully saturated rings. The van der Waals surface area contributed by atoms with Crippen molar-refractivity contribution in [2.45, 2.75) is 38.9 Å². The van der Waals surface area contributed by atoms with Gasteiger partial charge < -0.3 is 4.57 Å². The number of nitrogens with zero attached hydrogens (tertiary/aromatic N) is 6. The zero-order valence-electron chi connectivity index (χ0n) is 16.9. The Hall–Kier alpha value is -2.42. The number of para-hydroxylation sites is 1. The molecule has 6 nitrogen and oxygen atoms in total. The highest BCUT2D eigenvalue weighted by Gasteiger charge is 2.24. The topological polar surface area (TPSA) is 51.8 Å². The van der Waals surface area contributed by atoms with Crippen LogP contribution in [0.25, 0.3) is 21.6 Å². The Labute approximate surface area is 184 Å². The molecule has 0 bridgehead atoms. The predicted molar refractivity (Wildman–Crippen MR) is 123 cm³/mol. The second-order valence-electron chi connectivity index (χ2n) is 7.64. The average Bonchev–Trinajstić information content (AvgIpc) is 3.36. The summed E-state index contributed by atoms with van der Waals surface area (Å²) in [4.78, 5) is 11.4. The van der Waals surface area contributed by atoms with Crippen molar-refractivity contribution >= 4 is 33.8 Å². The summed E-state index contributed by atoms with van der Waals surface area (Å²) in [5.41, 5.74) is 2.17. The molecule has 0 N–H and O–H groups in total. The molecule has 1 saturated heterocycles. The highest BCUT2D eigenvalue weighted by molar-refractivity contribution is 7.71. The maximum atomic E-state index is 5.73. The minimum atomic E-state index is 0.548. The molecule has 0 atom stereocenters. The van der Waals surface area contributed by atoms with Crippen LogP contribution in [-0.4, -0.2) is 42.3 Å². The van der Waals surface area contributed by atoms with Gasteiger partial charge in [-0.25, -0.2) is 9.67 Å². The molecule has 3 aromatic heterocycles. The van der Waals surface area contributed by atoms with Crippen LogP contribution in [0, 0.1) is 4.77 Å². The van der Waals surface area contributed by atoms with Crippen molar-refractivity contribution in [3.8, 4) is 11.4 Å². The number of thiazole rings is 1. The molecular formula is C22H24N6S2. The molecule has 0 amide bonds. The molecule has 4 aromatic rings. The quantitative estimate of drug-likeness (QED) is 0.415. The van der Waals surface area contributed by atoms with Crippen molar-refractivity contribution in [2.24, 2.45) is 0 Å². The first kappa shape index (κ1) is 19.5. The Balaban J connectivity index is 1.30. The van der Waals surface area contributed by atoms with Gasteiger partial charge in [0.05, 0.1) is 21.9 Å². The lowest BCUT2D eigenvalue weighted by Crippen LogP contribution is -2.34. The number of likely N-dealkylation sites (tertiary alicyclic amines) is 1. The van der Waals surface area contributed by atoms with Gasteiger partial charge in [0.1, 0.15) is 0 Å². The van der Waals surface area contributed by atoms with E-state index in [9.17, 15) is 0 Å². The van der Waals surface area contributed by atoms with E-state index in [1.54, 1.807) is 12.4 Å². The van der Waals surface area contributed by atoms with Crippen LogP contribution in [0.15, 0.2) is 48.8 Å². The van der Waals surface area contributed by atoms with E-state index in [2.05, 4.69) is 45.6 Å². The van der Waals surface area contributed by atoms with Gasteiger partial charge in [0.25, 0.3) is 0 Å². The molecule has 30 heavy (non-hydrogen) atoms.